The fraction of sp³-hybridized carbons (Fsp3) is 0. The van der Waals surface area contributed by atoms with Gasteiger partial charge in [-0.2, -0.15) is 4.99 Å². The molecule has 24 heavy (non-hydrogen) atoms. The molecule has 0 unspecified atom stereocenters. The third kappa shape index (κ3) is 4.14. The first kappa shape index (κ1) is 17.0. The lowest BCUT2D eigenvalue weighted by Gasteiger charge is -1.97. The van der Waals surface area contributed by atoms with E-state index in [1.54, 1.807) is 30.3 Å². The molecule has 1 N–H and O–H groups in total. The minimum atomic E-state index is -0.432. The van der Waals surface area contributed by atoms with Crippen LogP contribution in [-0.2, 0) is 4.79 Å². The summed E-state index contributed by atoms with van der Waals surface area (Å²) in [6, 6.07) is 14.0. The van der Waals surface area contributed by atoms with Crippen molar-refractivity contribution < 1.29 is 9.59 Å². The summed E-state index contributed by atoms with van der Waals surface area (Å²) >= 11 is 10.3. The molecule has 120 valence electrons. The Labute approximate surface area is 156 Å². The fourth-order valence-corrected chi connectivity index (χ4v) is 3.34. The Morgan fingerprint density at radius 1 is 1.21 bits per heavy atom. The van der Waals surface area contributed by atoms with Gasteiger partial charge in [0.25, 0.3) is 11.8 Å². The van der Waals surface area contributed by atoms with Crippen molar-refractivity contribution in [3.63, 3.8) is 0 Å². The molecule has 0 aromatic heterocycles. The van der Waals surface area contributed by atoms with E-state index in [4.69, 9.17) is 11.6 Å². The second-order valence-corrected chi connectivity index (χ2v) is 7.23. The molecule has 0 radical (unpaired) electrons. The second-order valence-electron chi connectivity index (χ2n) is 4.85. The number of benzene rings is 2. The van der Waals surface area contributed by atoms with Crippen LogP contribution in [0.2, 0.25) is 5.02 Å². The summed E-state index contributed by atoms with van der Waals surface area (Å²) in [5, 5.41) is 3.41. The molecule has 0 spiro atoms. The monoisotopic (exact) mass is 420 g/mol. The Balaban J connectivity index is 1.79. The van der Waals surface area contributed by atoms with Gasteiger partial charge in [-0.15, -0.1) is 0 Å². The smallest absolute Gasteiger partial charge is 0.279 e. The maximum atomic E-state index is 12.1. The van der Waals surface area contributed by atoms with Gasteiger partial charge in [0.05, 0.1) is 4.91 Å². The lowest BCUT2D eigenvalue weighted by Crippen LogP contribution is -2.20. The maximum absolute atomic E-state index is 12.1. The zero-order valence-corrected chi connectivity index (χ0v) is 15.3. The molecule has 0 atom stereocenters. The molecule has 0 saturated carbocycles. The lowest BCUT2D eigenvalue weighted by molar-refractivity contribution is -0.115. The van der Waals surface area contributed by atoms with Gasteiger partial charge in [-0.3, -0.25) is 9.59 Å². The molecule has 2 amide bonds. The third-order valence-electron chi connectivity index (χ3n) is 3.09. The normalized spacial score (nSPS) is 17.3. The van der Waals surface area contributed by atoms with Crippen molar-refractivity contribution in [3.05, 3.63) is 74.1 Å². The average molecular weight is 422 g/mol. The fourth-order valence-electron chi connectivity index (χ4n) is 1.98. The number of hydrogen-bond donors (Lipinski definition) is 1. The van der Waals surface area contributed by atoms with Crippen molar-refractivity contribution in [1.29, 1.82) is 0 Å². The highest BCUT2D eigenvalue weighted by Crippen LogP contribution is 2.27. The number of amides is 2. The molecule has 7 heteroatoms. The summed E-state index contributed by atoms with van der Waals surface area (Å²) in [6.07, 6.45) is 1.75. The van der Waals surface area contributed by atoms with Gasteiger partial charge in [0.2, 0.25) is 0 Å². The highest BCUT2D eigenvalue weighted by molar-refractivity contribution is 9.10. The van der Waals surface area contributed by atoms with Gasteiger partial charge in [-0.25, -0.2) is 0 Å². The van der Waals surface area contributed by atoms with Crippen LogP contribution >= 0.6 is 39.3 Å². The van der Waals surface area contributed by atoms with Gasteiger partial charge in [0.1, 0.15) is 0 Å². The molecule has 1 saturated heterocycles. The summed E-state index contributed by atoms with van der Waals surface area (Å²) in [4.78, 5) is 28.6. The molecule has 4 nitrogen and oxygen atoms in total. The molecule has 0 aliphatic carbocycles. The molecule has 2 aromatic rings. The minimum Gasteiger partial charge on any atom is -0.300 e. The Bertz CT molecular complexity index is 878. The van der Waals surface area contributed by atoms with E-state index in [1.807, 2.05) is 24.3 Å². The summed E-state index contributed by atoms with van der Waals surface area (Å²) in [5.74, 6) is -0.708. The number of carbonyl (C=O) groups is 2. The van der Waals surface area contributed by atoms with Crippen LogP contribution in [0.3, 0.4) is 0 Å². The van der Waals surface area contributed by atoms with Crippen molar-refractivity contribution in [2.45, 2.75) is 0 Å². The van der Waals surface area contributed by atoms with Gasteiger partial charge in [-0.1, -0.05) is 39.7 Å². The SMILES string of the molecule is O=C1NC(=NC(=O)c2ccc(Cl)cc2)S/C1=C\c1cccc(Br)c1. The van der Waals surface area contributed by atoms with E-state index < -0.39 is 5.91 Å². The molecule has 0 bridgehead atoms. The van der Waals surface area contributed by atoms with Crippen LogP contribution in [0, 0.1) is 0 Å². The quantitative estimate of drug-likeness (QED) is 0.726. The van der Waals surface area contributed by atoms with Crippen molar-refractivity contribution >= 4 is 62.4 Å². The topological polar surface area (TPSA) is 58.5 Å². The summed E-state index contributed by atoms with van der Waals surface area (Å²) in [6.45, 7) is 0. The molecule has 1 aliphatic heterocycles. The molecular weight excluding hydrogens is 412 g/mol. The number of aliphatic imine (C=N–C) groups is 1. The predicted molar refractivity (Wildman–Crippen MR) is 101 cm³/mol. The van der Waals surface area contributed by atoms with E-state index in [9.17, 15) is 9.59 Å². The van der Waals surface area contributed by atoms with Crippen molar-refractivity contribution in [1.82, 2.24) is 5.32 Å². The lowest BCUT2D eigenvalue weighted by atomic mass is 10.2. The standard InChI is InChI=1S/C17H10BrClN2O2S/c18-12-3-1-2-10(8-12)9-14-16(23)21-17(24-14)20-15(22)11-4-6-13(19)7-5-11/h1-9H,(H,20,21,22,23)/b14-9-. The van der Waals surface area contributed by atoms with E-state index in [-0.39, 0.29) is 11.1 Å². The van der Waals surface area contributed by atoms with Crippen LogP contribution in [0.15, 0.2) is 62.9 Å². The van der Waals surface area contributed by atoms with Gasteiger partial charge in [0, 0.05) is 15.1 Å². The maximum Gasteiger partial charge on any atom is 0.279 e. The van der Waals surface area contributed by atoms with Crippen molar-refractivity contribution in [3.8, 4) is 0 Å². The average Bonchev–Trinajstić information content (AvgIpc) is 2.87. The van der Waals surface area contributed by atoms with Crippen LogP contribution in [0.4, 0.5) is 0 Å². The van der Waals surface area contributed by atoms with Gasteiger partial charge in [-0.05, 0) is 59.8 Å². The number of halogens is 2. The number of hydrogen-bond acceptors (Lipinski definition) is 3. The second kappa shape index (κ2) is 7.34. The van der Waals surface area contributed by atoms with E-state index in [2.05, 4.69) is 26.2 Å². The Morgan fingerprint density at radius 2 is 1.96 bits per heavy atom. The highest BCUT2D eigenvalue weighted by atomic mass is 79.9. The van der Waals surface area contributed by atoms with Crippen molar-refractivity contribution in [2.75, 3.05) is 0 Å². The van der Waals surface area contributed by atoms with Gasteiger partial charge >= 0.3 is 0 Å². The summed E-state index contributed by atoms with van der Waals surface area (Å²) < 4.78 is 0.923. The molecule has 2 aromatic carbocycles. The third-order valence-corrected chi connectivity index (χ3v) is 4.75. The van der Waals surface area contributed by atoms with E-state index >= 15 is 0 Å². The number of nitrogens with zero attached hydrogens (tertiary/aromatic N) is 1. The van der Waals surface area contributed by atoms with Crippen molar-refractivity contribution in [2.24, 2.45) is 4.99 Å². The number of thioether (sulfide) groups is 1. The zero-order valence-electron chi connectivity index (χ0n) is 12.1. The number of nitrogens with one attached hydrogen (secondary N) is 1. The van der Waals surface area contributed by atoms with Crippen LogP contribution in [-0.4, -0.2) is 17.0 Å². The Kier molecular flexibility index (Phi) is 5.18. The predicted octanol–water partition coefficient (Wildman–Crippen LogP) is 4.50. The molecule has 1 fully saturated rings. The van der Waals surface area contributed by atoms with E-state index in [0.29, 0.717) is 15.5 Å². The van der Waals surface area contributed by atoms with Crippen LogP contribution in [0.25, 0.3) is 6.08 Å². The summed E-state index contributed by atoms with van der Waals surface area (Å²) in [7, 11) is 0. The van der Waals surface area contributed by atoms with Crippen LogP contribution in [0.1, 0.15) is 15.9 Å². The first-order valence-corrected chi connectivity index (χ1v) is 8.85. The Morgan fingerprint density at radius 3 is 2.67 bits per heavy atom. The summed E-state index contributed by atoms with van der Waals surface area (Å²) in [5.41, 5.74) is 1.29. The molecule has 3 rings (SSSR count). The van der Waals surface area contributed by atoms with E-state index in [0.717, 1.165) is 21.8 Å². The van der Waals surface area contributed by atoms with Crippen LogP contribution < -0.4 is 5.32 Å². The molecule has 1 aliphatic rings. The number of rotatable bonds is 2. The van der Waals surface area contributed by atoms with E-state index in [1.165, 1.54) is 0 Å². The first-order valence-electron chi connectivity index (χ1n) is 6.86. The van der Waals surface area contributed by atoms with Crippen LogP contribution in [0.5, 0.6) is 0 Å². The molecule has 1 heterocycles. The Hall–Kier alpha value is -1.89. The molecular formula is C17H10BrClN2O2S. The first-order chi connectivity index (χ1) is 11.5. The number of carbonyl (C=O) groups excluding carboxylic acids is 2. The highest BCUT2D eigenvalue weighted by Gasteiger charge is 2.24. The van der Waals surface area contributed by atoms with Gasteiger partial charge < -0.3 is 5.32 Å². The largest absolute Gasteiger partial charge is 0.300 e. The minimum absolute atomic E-state index is 0.265. The zero-order chi connectivity index (χ0) is 17.1. The number of amidine groups is 1. The van der Waals surface area contributed by atoms with Gasteiger partial charge in [0.15, 0.2) is 5.17 Å².